The first-order valence-electron chi connectivity index (χ1n) is 6.59. The smallest absolute Gasteiger partial charge is 0.149 e. The standard InChI is InChI=1S/C16H18N2O/c1-18(2)11-13-10-12-6-3-4-7-14(12)19-15-8-5-9-17-16(13)15/h3-9,13H,10-11H2,1-2H3. The molecule has 1 atom stereocenters. The van der Waals surface area contributed by atoms with Crippen LogP contribution in [-0.2, 0) is 6.42 Å². The highest BCUT2D eigenvalue weighted by atomic mass is 16.5. The predicted octanol–water partition coefficient (Wildman–Crippen LogP) is 3.08. The molecule has 0 saturated carbocycles. The maximum absolute atomic E-state index is 6.03. The van der Waals surface area contributed by atoms with Crippen LogP contribution in [0.25, 0.3) is 0 Å². The number of ether oxygens (including phenoxy) is 1. The summed E-state index contributed by atoms with van der Waals surface area (Å²) >= 11 is 0. The lowest BCUT2D eigenvalue weighted by Crippen LogP contribution is -2.22. The van der Waals surface area contributed by atoms with Gasteiger partial charge in [-0.1, -0.05) is 18.2 Å². The number of hydrogen-bond donors (Lipinski definition) is 0. The van der Waals surface area contributed by atoms with Gasteiger partial charge in [0, 0.05) is 18.7 Å². The van der Waals surface area contributed by atoms with Gasteiger partial charge in [0.15, 0.2) is 0 Å². The minimum Gasteiger partial charge on any atom is -0.455 e. The van der Waals surface area contributed by atoms with Gasteiger partial charge in [-0.05, 0) is 44.3 Å². The first-order valence-corrected chi connectivity index (χ1v) is 6.59. The van der Waals surface area contributed by atoms with Gasteiger partial charge in [-0.25, -0.2) is 0 Å². The van der Waals surface area contributed by atoms with Crippen LogP contribution in [-0.4, -0.2) is 30.5 Å². The van der Waals surface area contributed by atoms with E-state index in [0.717, 1.165) is 30.2 Å². The number of rotatable bonds is 2. The van der Waals surface area contributed by atoms with Crippen LogP contribution >= 0.6 is 0 Å². The van der Waals surface area contributed by atoms with E-state index >= 15 is 0 Å². The topological polar surface area (TPSA) is 25.4 Å². The summed E-state index contributed by atoms with van der Waals surface area (Å²) in [5, 5.41) is 0. The zero-order chi connectivity index (χ0) is 13.2. The summed E-state index contributed by atoms with van der Waals surface area (Å²) in [6.07, 6.45) is 2.82. The van der Waals surface area contributed by atoms with E-state index < -0.39 is 0 Å². The number of hydrogen-bond acceptors (Lipinski definition) is 3. The second kappa shape index (κ2) is 5.02. The van der Waals surface area contributed by atoms with E-state index in [4.69, 9.17) is 4.74 Å². The molecular weight excluding hydrogens is 236 g/mol. The summed E-state index contributed by atoms with van der Waals surface area (Å²) in [6, 6.07) is 12.2. The predicted molar refractivity (Wildman–Crippen MR) is 75.8 cm³/mol. The molecule has 3 heteroatoms. The molecule has 1 aliphatic heterocycles. The van der Waals surface area contributed by atoms with Crippen LogP contribution < -0.4 is 4.74 Å². The lowest BCUT2D eigenvalue weighted by atomic mass is 9.95. The lowest BCUT2D eigenvalue weighted by Gasteiger charge is -2.19. The Morgan fingerprint density at radius 3 is 2.79 bits per heavy atom. The average molecular weight is 254 g/mol. The van der Waals surface area contributed by atoms with Gasteiger partial charge >= 0.3 is 0 Å². The number of likely N-dealkylation sites (N-methyl/N-ethyl adjacent to an activating group) is 1. The van der Waals surface area contributed by atoms with Crippen LogP contribution in [0.15, 0.2) is 42.6 Å². The van der Waals surface area contributed by atoms with Crippen LogP contribution in [0.3, 0.4) is 0 Å². The Morgan fingerprint density at radius 2 is 1.95 bits per heavy atom. The van der Waals surface area contributed by atoms with E-state index in [-0.39, 0.29) is 0 Å². The van der Waals surface area contributed by atoms with Gasteiger partial charge < -0.3 is 9.64 Å². The maximum atomic E-state index is 6.03. The molecule has 1 aromatic heterocycles. The van der Waals surface area contributed by atoms with Crippen LogP contribution in [0.5, 0.6) is 11.5 Å². The fraction of sp³-hybridized carbons (Fsp3) is 0.312. The average Bonchev–Trinajstić information content (AvgIpc) is 2.55. The summed E-state index contributed by atoms with van der Waals surface area (Å²) in [4.78, 5) is 6.75. The van der Waals surface area contributed by atoms with Gasteiger partial charge in [0.1, 0.15) is 11.5 Å². The molecule has 2 heterocycles. The molecule has 0 bridgehead atoms. The van der Waals surface area contributed by atoms with Crippen LogP contribution in [0, 0.1) is 0 Å². The van der Waals surface area contributed by atoms with Crippen molar-refractivity contribution in [3.05, 3.63) is 53.9 Å². The number of aromatic nitrogens is 1. The highest BCUT2D eigenvalue weighted by molar-refractivity contribution is 5.44. The Balaban J connectivity index is 2.06. The fourth-order valence-electron chi connectivity index (χ4n) is 2.64. The molecule has 1 aliphatic rings. The molecule has 2 aromatic rings. The Kier molecular flexibility index (Phi) is 3.22. The highest BCUT2D eigenvalue weighted by Crippen LogP contribution is 2.38. The highest BCUT2D eigenvalue weighted by Gasteiger charge is 2.24. The van der Waals surface area contributed by atoms with E-state index in [1.54, 1.807) is 0 Å². The first-order chi connectivity index (χ1) is 9.24. The molecule has 3 rings (SSSR count). The molecule has 98 valence electrons. The lowest BCUT2D eigenvalue weighted by molar-refractivity contribution is 0.367. The Labute approximate surface area is 113 Å². The quantitative estimate of drug-likeness (QED) is 0.823. The summed E-state index contributed by atoms with van der Waals surface area (Å²) in [6.45, 7) is 0.974. The third kappa shape index (κ3) is 2.47. The largest absolute Gasteiger partial charge is 0.455 e. The third-order valence-corrected chi connectivity index (χ3v) is 3.43. The molecule has 0 aliphatic carbocycles. The van der Waals surface area contributed by atoms with Crippen molar-refractivity contribution >= 4 is 0 Å². The molecule has 0 saturated heterocycles. The zero-order valence-corrected chi connectivity index (χ0v) is 11.3. The summed E-state index contributed by atoms with van der Waals surface area (Å²) in [5.41, 5.74) is 2.32. The van der Waals surface area contributed by atoms with Crippen molar-refractivity contribution in [1.82, 2.24) is 9.88 Å². The fourth-order valence-corrected chi connectivity index (χ4v) is 2.64. The summed E-state index contributed by atoms with van der Waals surface area (Å²) < 4.78 is 6.03. The van der Waals surface area contributed by atoms with Crippen LogP contribution in [0.2, 0.25) is 0 Å². The van der Waals surface area contributed by atoms with Gasteiger partial charge in [0.05, 0.1) is 5.69 Å². The second-order valence-electron chi connectivity index (χ2n) is 5.26. The molecule has 1 unspecified atom stereocenters. The molecule has 0 fully saturated rings. The summed E-state index contributed by atoms with van der Waals surface area (Å²) in [5.74, 6) is 2.21. The Hall–Kier alpha value is -1.87. The van der Waals surface area contributed by atoms with E-state index in [2.05, 4.69) is 36.1 Å². The Morgan fingerprint density at radius 1 is 1.16 bits per heavy atom. The third-order valence-electron chi connectivity index (χ3n) is 3.43. The van der Waals surface area contributed by atoms with Crippen molar-refractivity contribution in [3.63, 3.8) is 0 Å². The van der Waals surface area contributed by atoms with Crippen molar-refractivity contribution in [2.45, 2.75) is 12.3 Å². The van der Waals surface area contributed by atoms with Gasteiger partial charge in [0.25, 0.3) is 0 Å². The molecule has 0 N–H and O–H groups in total. The van der Waals surface area contributed by atoms with Gasteiger partial charge in [-0.2, -0.15) is 0 Å². The normalized spacial score (nSPS) is 17.3. The number of fused-ring (bicyclic) bond motifs is 2. The number of benzene rings is 1. The van der Waals surface area contributed by atoms with Crippen LogP contribution in [0.1, 0.15) is 17.2 Å². The second-order valence-corrected chi connectivity index (χ2v) is 5.26. The molecule has 1 aromatic carbocycles. The Bertz CT molecular complexity index is 580. The van der Waals surface area contributed by atoms with Gasteiger partial charge in [-0.15, -0.1) is 0 Å². The van der Waals surface area contributed by atoms with Crippen LogP contribution in [0.4, 0.5) is 0 Å². The molecule has 3 nitrogen and oxygen atoms in total. The van der Waals surface area contributed by atoms with Crippen molar-refractivity contribution in [2.24, 2.45) is 0 Å². The van der Waals surface area contributed by atoms with Gasteiger partial charge in [-0.3, -0.25) is 4.98 Å². The molecular formula is C16H18N2O. The SMILES string of the molecule is CN(C)CC1Cc2ccccc2Oc2cccnc21. The number of para-hydroxylation sites is 1. The van der Waals surface area contributed by atoms with Crippen molar-refractivity contribution < 1.29 is 4.74 Å². The molecule has 0 amide bonds. The van der Waals surface area contributed by atoms with Crippen molar-refractivity contribution in [1.29, 1.82) is 0 Å². The number of pyridine rings is 1. The molecule has 0 spiro atoms. The number of nitrogens with zero attached hydrogens (tertiary/aromatic N) is 2. The van der Waals surface area contributed by atoms with E-state index in [1.807, 2.05) is 30.5 Å². The minimum absolute atomic E-state index is 0.370. The van der Waals surface area contributed by atoms with E-state index in [9.17, 15) is 0 Å². The van der Waals surface area contributed by atoms with E-state index in [1.165, 1.54) is 5.56 Å². The molecule has 19 heavy (non-hydrogen) atoms. The maximum Gasteiger partial charge on any atom is 0.149 e. The minimum atomic E-state index is 0.370. The van der Waals surface area contributed by atoms with Crippen molar-refractivity contribution in [3.8, 4) is 11.5 Å². The summed E-state index contributed by atoms with van der Waals surface area (Å²) in [7, 11) is 4.19. The van der Waals surface area contributed by atoms with Gasteiger partial charge in [0.2, 0.25) is 0 Å². The van der Waals surface area contributed by atoms with E-state index in [0.29, 0.717) is 5.92 Å². The zero-order valence-electron chi connectivity index (χ0n) is 11.3. The monoisotopic (exact) mass is 254 g/mol. The van der Waals surface area contributed by atoms with Crippen molar-refractivity contribution in [2.75, 3.05) is 20.6 Å². The molecule has 0 radical (unpaired) electrons. The first kappa shape index (κ1) is 12.2.